The molecule has 1 saturated heterocycles. The molecule has 0 unspecified atom stereocenters. The van der Waals surface area contributed by atoms with Crippen LogP contribution in [0.4, 0.5) is 16.2 Å². The summed E-state index contributed by atoms with van der Waals surface area (Å²) in [5, 5.41) is 2.69. The number of nitrogens with zero attached hydrogens (tertiary/aromatic N) is 2. The van der Waals surface area contributed by atoms with Gasteiger partial charge < -0.3 is 5.32 Å². The summed E-state index contributed by atoms with van der Waals surface area (Å²) in [4.78, 5) is 39.1. The molecule has 0 spiro atoms. The number of nitrogens with one attached hydrogen (secondary N) is 1. The maximum absolute atomic E-state index is 12.5. The first-order chi connectivity index (χ1) is 11.9. The Morgan fingerprint density at radius 3 is 2.36 bits per heavy atom. The first-order valence-electron chi connectivity index (χ1n) is 7.68. The van der Waals surface area contributed by atoms with E-state index in [9.17, 15) is 14.4 Å². The summed E-state index contributed by atoms with van der Waals surface area (Å²) in [6, 6.07) is 13.9. The molecule has 128 valence electrons. The van der Waals surface area contributed by atoms with Gasteiger partial charge in [-0.2, -0.15) is 0 Å². The molecule has 6 nitrogen and oxygen atoms in total. The van der Waals surface area contributed by atoms with Gasteiger partial charge >= 0.3 is 6.03 Å². The van der Waals surface area contributed by atoms with Crippen LogP contribution in [0.1, 0.15) is 5.56 Å². The lowest BCUT2D eigenvalue weighted by Crippen LogP contribution is -2.39. The Balaban J connectivity index is 1.67. The average molecular weight is 402 g/mol. The van der Waals surface area contributed by atoms with Gasteiger partial charge in [0.1, 0.15) is 13.1 Å². The Kier molecular flexibility index (Phi) is 4.85. The Labute approximate surface area is 153 Å². The highest BCUT2D eigenvalue weighted by Gasteiger charge is 2.37. The molecule has 2 aromatic rings. The van der Waals surface area contributed by atoms with E-state index in [1.165, 1.54) is 4.90 Å². The maximum atomic E-state index is 12.5. The van der Waals surface area contributed by atoms with Crippen molar-refractivity contribution in [1.82, 2.24) is 4.90 Å². The number of hydrogen-bond donors (Lipinski definition) is 1. The molecule has 0 bridgehead atoms. The zero-order valence-corrected chi connectivity index (χ0v) is 15.1. The van der Waals surface area contributed by atoms with Gasteiger partial charge in [0, 0.05) is 15.8 Å². The first kappa shape index (κ1) is 17.2. The maximum Gasteiger partial charge on any atom is 0.332 e. The highest BCUT2D eigenvalue weighted by molar-refractivity contribution is 9.10. The molecule has 1 aliphatic rings. The van der Waals surface area contributed by atoms with Gasteiger partial charge in [-0.3, -0.25) is 19.4 Å². The van der Waals surface area contributed by atoms with Gasteiger partial charge in [-0.15, -0.1) is 0 Å². The molecule has 25 heavy (non-hydrogen) atoms. The van der Waals surface area contributed by atoms with Crippen LogP contribution in [0.5, 0.6) is 0 Å². The summed E-state index contributed by atoms with van der Waals surface area (Å²) in [5.74, 6) is -0.810. The number of aryl methyl sites for hydroxylation is 1. The fraction of sp³-hybridized carbons (Fsp3) is 0.167. The molecule has 0 radical (unpaired) electrons. The molecular formula is C18H16BrN3O3. The van der Waals surface area contributed by atoms with Crippen LogP contribution >= 0.6 is 15.9 Å². The van der Waals surface area contributed by atoms with Crippen molar-refractivity contribution in [3.8, 4) is 0 Å². The third kappa shape index (κ3) is 3.88. The van der Waals surface area contributed by atoms with Crippen LogP contribution in [-0.4, -0.2) is 35.8 Å². The van der Waals surface area contributed by atoms with Gasteiger partial charge in [0.25, 0.3) is 5.91 Å². The minimum atomic E-state index is -0.494. The highest BCUT2D eigenvalue weighted by Crippen LogP contribution is 2.23. The van der Waals surface area contributed by atoms with E-state index in [1.54, 1.807) is 36.4 Å². The number of anilines is 2. The molecule has 0 aromatic heterocycles. The predicted molar refractivity (Wildman–Crippen MR) is 98.4 cm³/mol. The topological polar surface area (TPSA) is 69.7 Å². The summed E-state index contributed by atoms with van der Waals surface area (Å²) >= 11 is 3.33. The quantitative estimate of drug-likeness (QED) is 0.799. The molecular weight excluding hydrogens is 386 g/mol. The van der Waals surface area contributed by atoms with Crippen molar-refractivity contribution < 1.29 is 14.4 Å². The summed E-state index contributed by atoms with van der Waals surface area (Å²) < 4.78 is 0.878. The van der Waals surface area contributed by atoms with Crippen molar-refractivity contribution in [3.05, 3.63) is 58.6 Å². The minimum absolute atomic E-state index is 0.0712. The standard InChI is InChI=1S/C18H16BrN3O3/c1-12-2-6-14(7-3-12)20-16(23)10-22-17(24)11-21(18(22)25)15-8-4-13(19)5-9-15/h2-9H,10-11H2,1H3,(H,20,23). The van der Waals surface area contributed by atoms with Crippen LogP contribution in [0.2, 0.25) is 0 Å². The molecule has 0 aliphatic carbocycles. The SMILES string of the molecule is Cc1ccc(NC(=O)CN2C(=O)CN(c3ccc(Br)cc3)C2=O)cc1. The van der Waals surface area contributed by atoms with Crippen LogP contribution in [0, 0.1) is 6.92 Å². The van der Waals surface area contributed by atoms with E-state index >= 15 is 0 Å². The fourth-order valence-electron chi connectivity index (χ4n) is 2.50. The molecule has 4 amide bonds. The van der Waals surface area contributed by atoms with Gasteiger partial charge in [0.2, 0.25) is 5.91 Å². The number of carbonyl (C=O) groups excluding carboxylic acids is 3. The van der Waals surface area contributed by atoms with Gasteiger partial charge in [0.05, 0.1) is 0 Å². The number of rotatable bonds is 4. The molecule has 0 saturated carbocycles. The number of benzene rings is 2. The van der Waals surface area contributed by atoms with E-state index in [2.05, 4.69) is 21.2 Å². The highest BCUT2D eigenvalue weighted by atomic mass is 79.9. The second-order valence-corrected chi connectivity index (χ2v) is 6.65. The third-order valence-electron chi connectivity index (χ3n) is 3.83. The van der Waals surface area contributed by atoms with Crippen LogP contribution in [0.3, 0.4) is 0 Å². The molecule has 2 aromatic carbocycles. The molecule has 1 fully saturated rings. The van der Waals surface area contributed by atoms with Crippen molar-refractivity contribution >= 4 is 45.2 Å². The number of amides is 4. The Hall–Kier alpha value is -2.67. The van der Waals surface area contributed by atoms with Crippen molar-refractivity contribution in [2.45, 2.75) is 6.92 Å². The number of imide groups is 1. The monoisotopic (exact) mass is 401 g/mol. The molecule has 3 rings (SSSR count). The van der Waals surface area contributed by atoms with Gasteiger partial charge in [-0.1, -0.05) is 33.6 Å². The number of halogens is 1. The first-order valence-corrected chi connectivity index (χ1v) is 8.47. The second-order valence-electron chi connectivity index (χ2n) is 5.74. The van der Waals surface area contributed by atoms with E-state index in [0.29, 0.717) is 11.4 Å². The third-order valence-corrected chi connectivity index (χ3v) is 4.36. The second kappa shape index (κ2) is 7.06. The van der Waals surface area contributed by atoms with Gasteiger partial charge in [0.15, 0.2) is 0 Å². The van der Waals surface area contributed by atoms with Crippen molar-refractivity contribution in [2.24, 2.45) is 0 Å². The van der Waals surface area contributed by atoms with Gasteiger partial charge in [-0.25, -0.2) is 4.79 Å². The van der Waals surface area contributed by atoms with E-state index in [4.69, 9.17) is 0 Å². The lowest BCUT2D eigenvalue weighted by Gasteiger charge is -2.17. The van der Waals surface area contributed by atoms with Crippen molar-refractivity contribution in [1.29, 1.82) is 0 Å². The minimum Gasteiger partial charge on any atom is -0.325 e. The normalized spacial score (nSPS) is 14.2. The van der Waals surface area contributed by atoms with Crippen LogP contribution < -0.4 is 10.2 Å². The van der Waals surface area contributed by atoms with Crippen molar-refractivity contribution in [2.75, 3.05) is 23.3 Å². The number of urea groups is 1. The van der Waals surface area contributed by atoms with Crippen LogP contribution in [0.15, 0.2) is 53.0 Å². The number of hydrogen-bond acceptors (Lipinski definition) is 3. The smallest absolute Gasteiger partial charge is 0.325 e. The van der Waals surface area contributed by atoms with Crippen LogP contribution in [-0.2, 0) is 9.59 Å². The molecule has 7 heteroatoms. The van der Waals surface area contributed by atoms with E-state index in [-0.39, 0.29) is 13.1 Å². The number of carbonyl (C=O) groups is 3. The molecule has 0 atom stereocenters. The van der Waals surface area contributed by atoms with Crippen molar-refractivity contribution in [3.63, 3.8) is 0 Å². The summed E-state index contributed by atoms with van der Waals surface area (Å²) in [7, 11) is 0. The zero-order chi connectivity index (χ0) is 18.0. The van der Waals surface area contributed by atoms with E-state index in [0.717, 1.165) is 14.9 Å². The Bertz CT molecular complexity index is 818. The van der Waals surface area contributed by atoms with Crippen LogP contribution in [0.25, 0.3) is 0 Å². The Morgan fingerprint density at radius 1 is 1.08 bits per heavy atom. The Morgan fingerprint density at radius 2 is 1.72 bits per heavy atom. The largest absolute Gasteiger partial charge is 0.332 e. The van der Waals surface area contributed by atoms with E-state index < -0.39 is 17.8 Å². The molecule has 1 N–H and O–H groups in total. The summed E-state index contributed by atoms with van der Waals surface area (Å²) in [5.41, 5.74) is 2.32. The van der Waals surface area contributed by atoms with Gasteiger partial charge in [-0.05, 0) is 43.3 Å². The average Bonchev–Trinajstić information content (AvgIpc) is 2.86. The zero-order valence-electron chi connectivity index (χ0n) is 13.5. The lowest BCUT2D eigenvalue weighted by molar-refractivity contribution is -0.128. The molecule has 1 heterocycles. The predicted octanol–water partition coefficient (Wildman–Crippen LogP) is 3.16. The fourth-order valence-corrected chi connectivity index (χ4v) is 2.76. The lowest BCUT2D eigenvalue weighted by atomic mass is 10.2. The molecule has 1 aliphatic heterocycles. The summed E-state index contributed by atoms with van der Waals surface area (Å²) in [6.45, 7) is 1.57. The van der Waals surface area contributed by atoms with E-state index in [1.807, 2.05) is 19.1 Å². The summed E-state index contributed by atoms with van der Waals surface area (Å²) in [6.07, 6.45) is 0.